The van der Waals surface area contributed by atoms with Gasteiger partial charge in [0.15, 0.2) is 15.7 Å². The Balaban J connectivity index is 2.31. The highest BCUT2D eigenvalue weighted by Gasteiger charge is 2.11. The van der Waals surface area contributed by atoms with Gasteiger partial charge in [-0.05, 0) is 36.4 Å². The van der Waals surface area contributed by atoms with Crippen molar-refractivity contribution in [1.82, 2.24) is 4.98 Å². The van der Waals surface area contributed by atoms with E-state index in [0.717, 1.165) is 6.26 Å². The molecule has 1 aromatic carbocycles. The number of nitrogens with two attached hydrogens (primary N) is 1. The topological polar surface area (TPSA) is 115 Å². The van der Waals surface area contributed by atoms with Gasteiger partial charge in [-0.25, -0.2) is 13.4 Å². The van der Waals surface area contributed by atoms with E-state index >= 15 is 0 Å². The highest BCUT2D eigenvalue weighted by molar-refractivity contribution is 7.90. The SMILES string of the molecule is CS(=O)(=O)c1ccc(Oc2ncccc2/C(N)=N/O)cc1. The van der Waals surface area contributed by atoms with Crippen LogP contribution in [-0.4, -0.2) is 30.7 Å². The Kier molecular flexibility index (Phi) is 4.08. The van der Waals surface area contributed by atoms with E-state index in [9.17, 15) is 8.42 Å². The summed E-state index contributed by atoms with van der Waals surface area (Å²) in [5, 5.41) is 11.6. The molecule has 0 atom stereocenters. The Morgan fingerprint density at radius 3 is 2.52 bits per heavy atom. The number of rotatable bonds is 4. The van der Waals surface area contributed by atoms with Crippen LogP contribution >= 0.6 is 0 Å². The van der Waals surface area contributed by atoms with Crippen LogP contribution in [-0.2, 0) is 9.84 Å². The lowest BCUT2D eigenvalue weighted by atomic mass is 10.2. The minimum Gasteiger partial charge on any atom is -0.438 e. The first kappa shape index (κ1) is 14.8. The second-order valence-corrected chi connectivity index (χ2v) is 6.20. The Labute approximate surface area is 121 Å². The zero-order valence-corrected chi connectivity index (χ0v) is 11.9. The largest absolute Gasteiger partial charge is 0.438 e. The van der Waals surface area contributed by atoms with Crippen molar-refractivity contribution in [2.75, 3.05) is 6.26 Å². The van der Waals surface area contributed by atoms with Crippen molar-refractivity contribution in [2.45, 2.75) is 4.90 Å². The molecule has 0 spiro atoms. The van der Waals surface area contributed by atoms with Crippen LogP contribution in [0.25, 0.3) is 0 Å². The third-order valence-electron chi connectivity index (χ3n) is 2.62. The number of amidine groups is 1. The molecule has 0 aliphatic carbocycles. The van der Waals surface area contributed by atoms with Gasteiger partial charge >= 0.3 is 0 Å². The maximum Gasteiger partial charge on any atom is 0.230 e. The number of sulfone groups is 1. The summed E-state index contributed by atoms with van der Waals surface area (Å²) in [6.07, 6.45) is 2.62. The molecule has 0 unspecified atom stereocenters. The van der Waals surface area contributed by atoms with Crippen LogP contribution in [0.4, 0.5) is 0 Å². The molecular formula is C13H13N3O4S. The average molecular weight is 307 g/mol. The van der Waals surface area contributed by atoms with Crippen molar-refractivity contribution in [1.29, 1.82) is 0 Å². The van der Waals surface area contributed by atoms with E-state index in [-0.39, 0.29) is 16.6 Å². The first-order valence-corrected chi connectivity index (χ1v) is 7.72. The number of hydrogen-bond acceptors (Lipinski definition) is 6. The number of benzene rings is 1. The van der Waals surface area contributed by atoms with Crippen LogP contribution in [0.15, 0.2) is 52.6 Å². The van der Waals surface area contributed by atoms with Crippen molar-refractivity contribution in [3.63, 3.8) is 0 Å². The molecule has 8 heteroatoms. The van der Waals surface area contributed by atoms with Crippen LogP contribution in [0.3, 0.4) is 0 Å². The Morgan fingerprint density at radius 1 is 1.29 bits per heavy atom. The van der Waals surface area contributed by atoms with E-state index < -0.39 is 9.84 Å². The number of oxime groups is 1. The molecule has 3 N–H and O–H groups in total. The molecule has 2 aromatic rings. The predicted octanol–water partition coefficient (Wildman–Crippen LogP) is 1.37. The van der Waals surface area contributed by atoms with Crippen molar-refractivity contribution >= 4 is 15.7 Å². The molecule has 21 heavy (non-hydrogen) atoms. The molecule has 0 aliphatic heterocycles. The molecule has 0 radical (unpaired) electrons. The predicted molar refractivity (Wildman–Crippen MR) is 76.4 cm³/mol. The smallest absolute Gasteiger partial charge is 0.230 e. The van der Waals surface area contributed by atoms with Crippen molar-refractivity contribution in [2.24, 2.45) is 10.9 Å². The van der Waals surface area contributed by atoms with Gasteiger partial charge in [0.05, 0.1) is 10.5 Å². The van der Waals surface area contributed by atoms with Gasteiger partial charge in [-0.1, -0.05) is 5.16 Å². The summed E-state index contributed by atoms with van der Waals surface area (Å²) in [6.45, 7) is 0. The molecule has 0 saturated carbocycles. The fourth-order valence-electron chi connectivity index (χ4n) is 1.59. The monoisotopic (exact) mass is 307 g/mol. The van der Waals surface area contributed by atoms with E-state index in [1.165, 1.54) is 30.5 Å². The lowest BCUT2D eigenvalue weighted by Gasteiger charge is -2.09. The summed E-state index contributed by atoms with van der Waals surface area (Å²) in [5.74, 6) is 0.402. The minimum atomic E-state index is -3.26. The molecule has 0 fully saturated rings. The third kappa shape index (κ3) is 3.48. The second-order valence-electron chi connectivity index (χ2n) is 4.19. The van der Waals surface area contributed by atoms with Gasteiger partial charge in [-0.2, -0.15) is 0 Å². The molecule has 2 rings (SSSR count). The number of aromatic nitrogens is 1. The van der Waals surface area contributed by atoms with Gasteiger partial charge in [-0.15, -0.1) is 0 Å². The van der Waals surface area contributed by atoms with E-state index in [4.69, 9.17) is 15.7 Å². The normalized spacial score (nSPS) is 12.1. The number of nitrogens with zero attached hydrogens (tertiary/aromatic N) is 2. The maximum atomic E-state index is 11.4. The van der Waals surface area contributed by atoms with E-state index in [0.29, 0.717) is 11.3 Å². The molecule has 7 nitrogen and oxygen atoms in total. The number of ether oxygens (including phenoxy) is 1. The van der Waals surface area contributed by atoms with E-state index in [1.54, 1.807) is 12.1 Å². The first-order chi connectivity index (χ1) is 9.91. The highest BCUT2D eigenvalue weighted by atomic mass is 32.2. The van der Waals surface area contributed by atoms with Gasteiger partial charge in [0.2, 0.25) is 5.88 Å². The summed E-state index contributed by atoms with van der Waals surface area (Å²) >= 11 is 0. The van der Waals surface area contributed by atoms with E-state index in [2.05, 4.69) is 10.1 Å². The average Bonchev–Trinajstić information content (AvgIpc) is 2.46. The highest BCUT2D eigenvalue weighted by Crippen LogP contribution is 2.24. The minimum absolute atomic E-state index is 0.133. The lowest BCUT2D eigenvalue weighted by Crippen LogP contribution is -2.14. The summed E-state index contributed by atoms with van der Waals surface area (Å²) in [4.78, 5) is 4.19. The molecule has 0 bridgehead atoms. The quantitative estimate of drug-likeness (QED) is 0.381. The summed E-state index contributed by atoms with van der Waals surface area (Å²) in [5.41, 5.74) is 5.86. The standard InChI is InChI=1S/C13H13N3O4S/c1-21(18,19)10-6-4-9(5-7-10)20-13-11(12(14)16-17)3-2-8-15-13/h2-8,17H,1H3,(H2,14,16). The zero-order chi connectivity index (χ0) is 15.5. The van der Waals surface area contributed by atoms with Crippen molar-refractivity contribution in [3.05, 3.63) is 48.2 Å². The number of pyridine rings is 1. The van der Waals surface area contributed by atoms with Gasteiger partial charge in [0, 0.05) is 12.5 Å². The number of hydrogen-bond donors (Lipinski definition) is 2. The second kappa shape index (κ2) is 5.80. The van der Waals surface area contributed by atoms with Crippen LogP contribution in [0.2, 0.25) is 0 Å². The van der Waals surface area contributed by atoms with Gasteiger partial charge in [0.1, 0.15) is 5.75 Å². The summed E-state index contributed by atoms with van der Waals surface area (Å²) in [6, 6.07) is 9.06. The molecule has 1 aromatic heterocycles. The van der Waals surface area contributed by atoms with Gasteiger partial charge in [0.25, 0.3) is 0 Å². The van der Waals surface area contributed by atoms with Crippen molar-refractivity contribution in [3.8, 4) is 11.6 Å². The third-order valence-corrected chi connectivity index (χ3v) is 3.75. The van der Waals surface area contributed by atoms with Crippen LogP contribution in [0, 0.1) is 0 Å². The van der Waals surface area contributed by atoms with Crippen LogP contribution < -0.4 is 10.5 Å². The molecular weight excluding hydrogens is 294 g/mol. The van der Waals surface area contributed by atoms with E-state index in [1.807, 2.05) is 0 Å². The Hall–Kier alpha value is -2.61. The van der Waals surface area contributed by atoms with Gasteiger partial charge < -0.3 is 15.7 Å². The fourth-order valence-corrected chi connectivity index (χ4v) is 2.22. The zero-order valence-electron chi connectivity index (χ0n) is 11.1. The molecule has 0 aliphatic rings. The van der Waals surface area contributed by atoms with Crippen LogP contribution in [0.1, 0.15) is 5.56 Å². The molecule has 0 saturated heterocycles. The van der Waals surface area contributed by atoms with Gasteiger partial charge in [-0.3, -0.25) is 0 Å². The lowest BCUT2D eigenvalue weighted by molar-refractivity contribution is 0.318. The summed E-state index contributed by atoms with van der Waals surface area (Å²) < 4.78 is 28.3. The molecule has 1 heterocycles. The summed E-state index contributed by atoms with van der Waals surface area (Å²) in [7, 11) is -3.26. The van der Waals surface area contributed by atoms with Crippen molar-refractivity contribution < 1.29 is 18.4 Å². The van der Waals surface area contributed by atoms with Crippen LogP contribution in [0.5, 0.6) is 11.6 Å². The first-order valence-electron chi connectivity index (χ1n) is 5.82. The fraction of sp³-hybridized carbons (Fsp3) is 0.0769. The molecule has 0 amide bonds. The Morgan fingerprint density at radius 2 is 1.95 bits per heavy atom. The maximum absolute atomic E-state index is 11.4. The Bertz CT molecular complexity index is 770. The molecule has 110 valence electrons.